The van der Waals surface area contributed by atoms with E-state index in [1.54, 1.807) is 0 Å². The molecule has 0 heterocycles. The fourth-order valence-electron chi connectivity index (χ4n) is 1.62. The quantitative estimate of drug-likeness (QED) is 0.617. The monoisotopic (exact) mass is 250 g/mol. The first-order valence-corrected chi connectivity index (χ1v) is 5.83. The van der Waals surface area contributed by atoms with Gasteiger partial charge < -0.3 is 15.7 Å². The lowest BCUT2D eigenvalue weighted by atomic mass is 10.0. The third-order valence-corrected chi connectivity index (χ3v) is 2.45. The number of nitrogens with one attached hydrogen (secondary N) is 2. The highest BCUT2D eigenvalue weighted by molar-refractivity contribution is 5.72. The SMILES string of the molecule is CC(=O)NCCNCc1ccccc1CC(=O)O. The Bertz CT molecular complexity index is 418. The summed E-state index contributed by atoms with van der Waals surface area (Å²) < 4.78 is 0. The molecule has 5 nitrogen and oxygen atoms in total. The Morgan fingerprint density at radius 1 is 1.17 bits per heavy atom. The normalized spacial score (nSPS) is 10.1. The van der Waals surface area contributed by atoms with Crippen LogP contribution in [0.25, 0.3) is 0 Å². The summed E-state index contributed by atoms with van der Waals surface area (Å²) in [4.78, 5) is 21.4. The van der Waals surface area contributed by atoms with Crippen molar-refractivity contribution in [1.29, 1.82) is 0 Å². The second-order valence-corrected chi connectivity index (χ2v) is 4.00. The van der Waals surface area contributed by atoms with Crippen molar-refractivity contribution < 1.29 is 14.7 Å². The molecule has 0 spiro atoms. The molecule has 0 unspecified atom stereocenters. The van der Waals surface area contributed by atoms with Crippen molar-refractivity contribution in [2.45, 2.75) is 19.9 Å². The highest BCUT2D eigenvalue weighted by atomic mass is 16.4. The minimum atomic E-state index is -0.833. The summed E-state index contributed by atoms with van der Waals surface area (Å²) in [6.07, 6.45) is 0.0313. The minimum absolute atomic E-state index is 0.0313. The van der Waals surface area contributed by atoms with Crippen LogP contribution < -0.4 is 10.6 Å². The van der Waals surface area contributed by atoms with Gasteiger partial charge in [-0.1, -0.05) is 24.3 Å². The molecule has 1 aromatic rings. The lowest BCUT2D eigenvalue weighted by molar-refractivity contribution is -0.136. The van der Waals surface area contributed by atoms with Gasteiger partial charge in [-0.2, -0.15) is 0 Å². The van der Waals surface area contributed by atoms with Gasteiger partial charge in [-0.3, -0.25) is 9.59 Å². The summed E-state index contributed by atoms with van der Waals surface area (Å²) in [5.74, 6) is -0.885. The molecule has 1 amide bonds. The molecule has 0 atom stereocenters. The molecule has 0 saturated heterocycles. The van der Waals surface area contributed by atoms with Gasteiger partial charge in [0.05, 0.1) is 6.42 Å². The summed E-state index contributed by atoms with van der Waals surface area (Å²) in [6, 6.07) is 7.44. The number of carboxylic acid groups (broad SMARTS) is 1. The molecule has 1 aromatic carbocycles. The number of rotatable bonds is 7. The first-order valence-electron chi connectivity index (χ1n) is 5.83. The number of hydrogen-bond donors (Lipinski definition) is 3. The van der Waals surface area contributed by atoms with Crippen LogP contribution >= 0.6 is 0 Å². The van der Waals surface area contributed by atoms with E-state index in [-0.39, 0.29) is 12.3 Å². The van der Waals surface area contributed by atoms with Crippen LogP contribution in [0.4, 0.5) is 0 Å². The molecule has 3 N–H and O–H groups in total. The molecule has 0 aliphatic carbocycles. The van der Waals surface area contributed by atoms with Crippen LogP contribution in [0.5, 0.6) is 0 Å². The van der Waals surface area contributed by atoms with Crippen molar-refractivity contribution in [2.75, 3.05) is 13.1 Å². The average molecular weight is 250 g/mol. The van der Waals surface area contributed by atoms with Crippen LogP contribution in [0.3, 0.4) is 0 Å². The Kier molecular flexibility index (Phi) is 5.87. The highest BCUT2D eigenvalue weighted by Gasteiger charge is 2.05. The summed E-state index contributed by atoms with van der Waals surface area (Å²) in [7, 11) is 0. The van der Waals surface area contributed by atoms with Crippen LogP contribution in [-0.4, -0.2) is 30.1 Å². The lowest BCUT2D eigenvalue weighted by Crippen LogP contribution is -2.30. The van der Waals surface area contributed by atoms with Gasteiger partial charge in [0, 0.05) is 26.6 Å². The Morgan fingerprint density at radius 3 is 2.44 bits per heavy atom. The standard InChI is InChI=1S/C13H18N2O3/c1-10(16)15-7-6-14-9-12-5-3-2-4-11(12)8-13(17)18/h2-5,14H,6-9H2,1H3,(H,15,16)(H,17,18). The van der Waals surface area contributed by atoms with Gasteiger partial charge in [-0.05, 0) is 11.1 Å². The predicted molar refractivity (Wildman–Crippen MR) is 68.2 cm³/mol. The first kappa shape index (κ1) is 14.2. The zero-order chi connectivity index (χ0) is 13.4. The fourth-order valence-corrected chi connectivity index (χ4v) is 1.62. The van der Waals surface area contributed by atoms with Crippen LogP contribution in [0.15, 0.2) is 24.3 Å². The summed E-state index contributed by atoms with van der Waals surface area (Å²) in [5, 5.41) is 14.6. The second-order valence-electron chi connectivity index (χ2n) is 4.00. The molecule has 0 aliphatic rings. The topological polar surface area (TPSA) is 78.4 Å². The lowest BCUT2D eigenvalue weighted by Gasteiger charge is -2.09. The molecule has 0 fully saturated rings. The molecule has 1 rings (SSSR count). The van der Waals surface area contributed by atoms with Crippen molar-refractivity contribution >= 4 is 11.9 Å². The summed E-state index contributed by atoms with van der Waals surface area (Å²) in [6.45, 7) is 3.29. The van der Waals surface area contributed by atoms with E-state index in [4.69, 9.17) is 5.11 Å². The van der Waals surface area contributed by atoms with Crippen molar-refractivity contribution in [3.05, 3.63) is 35.4 Å². The van der Waals surface area contributed by atoms with E-state index in [1.807, 2.05) is 24.3 Å². The average Bonchev–Trinajstić information content (AvgIpc) is 2.29. The van der Waals surface area contributed by atoms with Gasteiger partial charge in [0.2, 0.25) is 5.91 Å². The van der Waals surface area contributed by atoms with Crippen LogP contribution in [0, 0.1) is 0 Å². The van der Waals surface area contributed by atoms with Gasteiger partial charge >= 0.3 is 5.97 Å². The van der Waals surface area contributed by atoms with Crippen molar-refractivity contribution in [1.82, 2.24) is 10.6 Å². The Hall–Kier alpha value is -1.88. The Morgan fingerprint density at radius 2 is 1.83 bits per heavy atom. The third-order valence-electron chi connectivity index (χ3n) is 2.45. The van der Waals surface area contributed by atoms with Crippen molar-refractivity contribution in [3.63, 3.8) is 0 Å². The maximum Gasteiger partial charge on any atom is 0.307 e. The largest absolute Gasteiger partial charge is 0.481 e. The van der Waals surface area contributed by atoms with Gasteiger partial charge in [-0.15, -0.1) is 0 Å². The zero-order valence-corrected chi connectivity index (χ0v) is 10.4. The van der Waals surface area contributed by atoms with Crippen molar-refractivity contribution in [2.24, 2.45) is 0 Å². The van der Waals surface area contributed by atoms with Gasteiger partial charge in [0.15, 0.2) is 0 Å². The maximum absolute atomic E-state index is 10.7. The predicted octanol–water partition coefficient (Wildman–Crippen LogP) is 0.539. The number of carbonyl (C=O) groups excluding carboxylic acids is 1. The third kappa shape index (κ3) is 5.45. The molecule has 0 aliphatic heterocycles. The van der Waals surface area contributed by atoms with E-state index < -0.39 is 5.97 Å². The van der Waals surface area contributed by atoms with Gasteiger partial charge in [0.1, 0.15) is 0 Å². The molecule has 0 radical (unpaired) electrons. The molecule has 0 saturated carbocycles. The van der Waals surface area contributed by atoms with Crippen LogP contribution in [0.2, 0.25) is 0 Å². The minimum Gasteiger partial charge on any atom is -0.481 e. The van der Waals surface area contributed by atoms with E-state index in [9.17, 15) is 9.59 Å². The summed E-state index contributed by atoms with van der Waals surface area (Å²) in [5.41, 5.74) is 1.79. The number of carbonyl (C=O) groups is 2. The first-order chi connectivity index (χ1) is 8.59. The molecular weight excluding hydrogens is 232 g/mol. The van der Waals surface area contributed by atoms with E-state index in [2.05, 4.69) is 10.6 Å². The van der Waals surface area contributed by atoms with Crippen molar-refractivity contribution in [3.8, 4) is 0 Å². The van der Waals surface area contributed by atoms with Crippen LogP contribution in [-0.2, 0) is 22.6 Å². The number of hydrogen-bond acceptors (Lipinski definition) is 3. The number of amides is 1. The highest BCUT2D eigenvalue weighted by Crippen LogP contribution is 2.09. The summed E-state index contributed by atoms with van der Waals surface area (Å²) >= 11 is 0. The number of aliphatic carboxylic acids is 1. The molecule has 0 bridgehead atoms. The number of benzene rings is 1. The Labute approximate surface area is 106 Å². The smallest absolute Gasteiger partial charge is 0.307 e. The zero-order valence-electron chi connectivity index (χ0n) is 10.4. The number of carboxylic acids is 1. The van der Waals surface area contributed by atoms with E-state index in [0.29, 0.717) is 19.6 Å². The molecule has 98 valence electrons. The molecule has 0 aromatic heterocycles. The van der Waals surface area contributed by atoms with E-state index >= 15 is 0 Å². The molecule has 18 heavy (non-hydrogen) atoms. The van der Waals surface area contributed by atoms with Gasteiger partial charge in [-0.25, -0.2) is 0 Å². The Balaban J connectivity index is 2.41. The van der Waals surface area contributed by atoms with E-state index in [0.717, 1.165) is 11.1 Å². The van der Waals surface area contributed by atoms with E-state index in [1.165, 1.54) is 6.92 Å². The second kappa shape index (κ2) is 7.45. The maximum atomic E-state index is 10.7. The molecule has 5 heteroatoms. The molecular formula is C13H18N2O3. The fraction of sp³-hybridized carbons (Fsp3) is 0.385. The van der Waals surface area contributed by atoms with Gasteiger partial charge in [0.25, 0.3) is 0 Å². The van der Waals surface area contributed by atoms with Crippen LogP contribution in [0.1, 0.15) is 18.1 Å².